The molecule has 1 aliphatic rings. The Bertz CT molecular complexity index is 126. The molecule has 1 fully saturated rings. The van der Waals surface area contributed by atoms with Gasteiger partial charge in [0.05, 0.1) is 6.10 Å². The molecule has 0 aromatic rings. The highest BCUT2D eigenvalue weighted by Gasteiger charge is 2.20. The molecular formula is C8H15Cl2NO. The molecule has 1 atom stereocenters. The SMILES string of the molecule is OC(CC1CCNCC1)C(Cl)Cl. The van der Waals surface area contributed by atoms with Crippen LogP contribution in [0.15, 0.2) is 0 Å². The number of halogens is 2. The maximum Gasteiger partial charge on any atom is 0.133 e. The van der Waals surface area contributed by atoms with Crippen molar-refractivity contribution in [3.8, 4) is 0 Å². The lowest BCUT2D eigenvalue weighted by Gasteiger charge is -2.25. The van der Waals surface area contributed by atoms with E-state index in [1.807, 2.05) is 0 Å². The molecule has 1 rings (SSSR count). The molecule has 0 amide bonds. The number of piperidine rings is 1. The van der Waals surface area contributed by atoms with Crippen LogP contribution in [0.25, 0.3) is 0 Å². The zero-order chi connectivity index (χ0) is 8.97. The highest BCUT2D eigenvalue weighted by atomic mass is 35.5. The molecule has 0 bridgehead atoms. The third-order valence-electron chi connectivity index (χ3n) is 2.32. The molecule has 4 heteroatoms. The fourth-order valence-electron chi connectivity index (χ4n) is 1.56. The van der Waals surface area contributed by atoms with Crippen molar-refractivity contribution in [1.29, 1.82) is 0 Å². The van der Waals surface area contributed by atoms with E-state index < -0.39 is 10.9 Å². The minimum absolute atomic E-state index is 0.559. The second-order valence-corrected chi connectivity index (χ2v) is 4.49. The number of aliphatic hydroxyl groups is 1. The molecule has 0 radical (unpaired) electrons. The lowest BCUT2D eigenvalue weighted by Crippen LogP contribution is -2.31. The van der Waals surface area contributed by atoms with E-state index in [2.05, 4.69) is 5.32 Å². The van der Waals surface area contributed by atoms with Gasteiger partial charge in [-0.3, -0.25) is 0 Å². The average molecular weight is 212 g/mol. The molecule has 72 valence electrons. The van der Waals surface area contributed by atoms with Crippen LogP contribution in [0.3, 0.4) is 0 Å². The van der Waals surface area contributed by atoms with Crippen molar-refractivity contribution in [2.75, 3.05) is 13.1 Å². The summed E-state index contributed by atoms with van der Waals surface area (Å²) in [6, 6.07) is 0. The number of hydrogen-bond acceptors (Lipinski definition) is 2. The summed E-state index contributed by atoms with van der Waals surface area (Å²) in [4.78, 5) is -0.639. The number of nitrogens with one attached hydrogen (secondary N) is 1. The minimum Gasteiger partial charge on any atom is -0.390 e. The van der Waals surface area contributed by atoms with Gasteiger partial charge in [0.15, 0.2) is 0 Å². The third kappa shape index (κ3) is 3.48. The van der Waals surface area contributed by atoms with Gasteiger partial charge in [0.2, 0.25) is 0 Å². The van der Waals surface area contributed by atoms with Crippen molar-refractivity contribution in [3.05, 3.63) is 0 Å². The Hall–Kier alpha value is 0.500. The summed E-state index contributed by atoms with van der Waals surface area (Å²) in [5.41, 5.74) is 0. The summed E-state index contributed by atoms with van der Waals surface area (Å²) < 4.78 is 0. The Morgan fingerprint density at radius 1 is 1.33 bits per heavy atom. The van der Waals surface area contributed by atoms with Crippen molar-refractivity contribution in [3.63, 3.8) is 0 Å². The van der Waals surface area contributed by atoms with Crippen LogP contribution in [0.1, 0.15) is 19.3 Å². The molecule has 12 heavy (non-hydrogen) atoms. The van der Waals surface area contributed by atoms with Gasteiger partial charge in [0.25, 0.3) is 0 Å². The normalized spacial score (nSPS) is 23.0. The van der Waals surface area contributed by atoms with Crippen molar-refractivity contribution in [1.82, 2.24) is 5.32 Å². The van der Waals surface area contributed by atoms with Gasteiger partial charge in [0, 0.05) is 0 Å². The van der Waals surface area contributed by atoms with Crippen LogP contribution < -0.4 is 5.32 Å². The first-order valence-electron chi connectivity index (χ1n) is 4.37. The minimum atomic E-state index is -0.639. The van der Waals surface area contributed by atoms with E-state index in [1.165, 1.54) is 0 Å². The van der Waals surface area contributed by atoms with Crippen molar-refractivity contribution >= 4 is 23.2 Å². The predicted molar refractivity (Wildman–Crippen MR) is 51.7 cm³/mol. The van der Waals surface area contributed by atoms with E-state index in [-0.39, 0.29) is 0 Å². The van der Waals surface area contributed by atoms with E-state index in [0.717, 1.165) is 32.4 Å². The summed E-state index contributed by atoms with van der Waals surface area (Å²) in [5, 5.41) is 12.7. The maximum absolute atomic E-state index is 9.39. The number of rotatable bonds is 3. The first-order chi connectivity index (χ1) is 5.70. The van der Waals surface area contributed by atoms with E-state index in [9.17, 15) is 5.11 Å². The Kier molecular flexibility index (Phi) is 4.65. The van der Waals surface area contributed by atoms with E-state index >= 15 is 0 Å². The van der Waals surface area contributed by atoms with Crippen molar-refractivity contribution in [2.45, 2.75) is 30.2 Å². The number of aliphatic hydroxyl groups excluding tert-OH is 1. The van der Waals surface area contributed by atoms with Gasteiger partial charge in [-0.15, -0.1) is 23.2 Å². The van der Waals surface area contributed by atoms with Gasteiger partial charge < -0.3 is 10.4 Å². The number of alkyl halides is 2. The highest BCUT2D eigenvalue weighted by Crippen LogP contribution is 2.22. The molecule has 1 unspecified atom stereocenters. The summed E-state index contributed by atoms with van der Waals surface area (Å²) in [7, 11) is 0. The second-order valence-electron chi connectivity index (χ2n) is 3.33. The molecule has 2 nitrogen and oxygen atoms in total. The average Bonchev–Trinajstić information content (AvgIpc) is 2.06. The van der Waals surface area contributed by atoms with Gasteiger partial charge in [0.1, 0.15) is 4.84 Å². The van der Waals surface area contributed by atoms with Crippen LogP contribution in [0.4, 0.5) is 0 Å². The van der Waals surface area contributed by atoms with Crippen LogP contribution in [0.5, 0.6) is 0 Å². The van der Waals surface area contributed by atoms with Gasteiger partial charge >= 0.3 is 0 Å². The fourth-order valence-corrected chi connectivity index (χ4v) is 1.77. The fraction of sp³-hybridized carbons (Fsp3) is 1.00. The molecule has 0 saturated carbocycles. The van der Waals surface area contributed by atoms with Crippen molar-refractivity contribution in [2.24, 2.45) is 5.92 Å². The van der Waals surface area contributed by atoms with Crippen molar-refractivity contribution < 1.29 is 5.11 Å². The van der Waals surface area contributed by atoms with Crippen LogP contribution in [0, 0.1) is 5.92 Å². The first kappa shape index (κ1) is 10.6. The third-order valence-corrected chi connectivity index (χ3v) is 2.91. The van der Waals surface area contributed by atoms with Crippen LogP contribution in [0.2, 0.25) is 0 Å². The molecule has 1 aliphatic heterocycles. The topological polar surface area (TPSA) is 32.3 Å². The van der Waals surface area contributed by atoms with Gasteiger partial charge in [-0.1, -0.05) is 0 Å². The summed E-state index contributed by atoms with van der Waals surface area (Å²) in [5.74, 6) is 0.584. The van der Waals surface area contributed by atoms with Crippen LogP contribution in [-0.4, -0.2) is 29.1 Å². The largest absolute Gasteiger partial charge is 0.390 e. The summed E-state index contributed by atoms with van der Waals surface area (Å²) >= 11 is 11.1. The standard InChI is InChI=1S/C8H15Cl2NO/c9-8(10)7(12)5-6-1-3-11-4-2-6/h6-8,11-12H,1-5H2. The van der Waals surface area contributed by atoms with Crippen LogP contribution in [-0.2, 0) is 0 Å². The lowest BCUT2D eigenvalue weighted by molar-refractivity contribution is 0.144. The molecule has 0 aliphatic carbocycles. The van der Waals surface area contributed by atoms with E-state index in [0.29, 0.717) is 5.92 Å². The molecular weight excluding hydrogens is 197 g/mol. The predicted octanol–water partition coefficient (Wildman–Crippen LogP) is 1.54. The maximum atomic E-state index is 9.39. The van der Waals surface area contributed by atoms with E-state index in [1.54, 1.807) is 0 Å². The first-order valence-corrected chi connectivity index (χ1v) is 5.24. The Balaban J connectivity index is 2.20. The van der Waals surface area contributed by atoms with Gasteiger partial charge in [-0.25, -0.2) is 0 Å². The molecule has 1 saturated heterocycles. The Morgan fingerprint density at radius 3 is 2.42 bits per heavy atom. The van der Waals surface area contributed by atoms with Gasteiger partial charge in [-0.05, 0) is 38.3 Å². The zero-order valence-corrected chi connectivity index (χ0v) is 8.48. The van der Waals surface area contributed by atoms with Gasteiger partial charge in [-0.2, -0.15) is 0 Å². The molecule has 0 spiro atoms. The molecule has 1 heterocycles. The molecule has 0 aromatic heterocycles. The number of hydrogen-bond donors (Lipinski definition) is 2. The van der Waals surface area contributed by atoms with Crippen LogP contribution >= 0.6 is 23.2 Å². The quantitative estimate of drug-likeness (QED) is 0.695. The monoisotopic (exact) mass is 211 g/mol. The smallest absolute Gasteiger partial charge is 0.133 e. The lowest BCUT2D eigenvalue weighted by atomic mass is 9.92. The second kappa shape index (κ2) is 5.28. The zero-order valence-electron chi connectivity index (χ0n) is 6.97. The molecule has 2 N–H and O–H groups in total. The highest BCUT2D eigenvalue weighted by molar-refractivity contribution is 6.44. The summed E-state index contributed by atoms with van der Waals surface area (Å²) in [6.45, 7) is 2.10. The summed E-state index contributed by atoms with van der Waals surface area (Å²) in [6.07, 6.45) is 2.42. The Labute approximate surface area is 83.2 Å². The van der Waals surface area contributed by atoms with E-state index in [4.69, 9.17) is 23.2 Å². The molecule has 0 aromatic carbocycles. The Morgan fingerprint density at radius 2 is 1.92 bits per heavy atom.